The molecule has 0 heterocycles. The maximum Gasteiger partial charge on any atom is 0.0613 e. The van der Waals surface area contributed by atoms with E-state index < -0.39 is 0 Å². The van der Waals surface area contributed by atoms with Gasteiger partial charge in [-0.1, -0.05) is 0 Å². The van der Waals surface area contributed by atoms with Gasteiger partial charge in [-0.15, -0.1) is 0 Å². The molecule has 0 radical (unpaired) electrons. The van der Waals surface area contributed by atoms with Crippen molar-refractivity contribution >= 4 is 0 Å². The minimum absolute atomic E-state index is 0.0119. The van der Waals surface area contributed by atoms with Gasteiger partial charge in [-0.25, -0.2) is 0 Å². The molecule has 1 atom stereocenters. The average Bonchev–Trinajstić information content (AvgIpc) is 1.97. The smallest absolute Gasteiger partial charge is 0.0613 e. The van der Waals surface area contributed by atoms with E-state index in [1.165, 1.54) is 6.42 Å². The van der Waals surface area contributed by atoms with Gasteiger partial charge in [0.05, 0.1) is 13.2 Å². The van der Waals surface area contributed by atoms with Crippen LogP contribution in [0.4, 0.5) is 0 Å². The Bertz CT molecular complexity index is 129. The summed E-state index contributed by atoms with van der Waals surface area (Å²) in [7, 11) is 1.70. The molecule has 0 aromatic rings. The lowest BCUT2D eigenvalue weighted by atomic mass is 9.77. The molecule has 0 amide bonds. The zero-order chi connectivity index (χ0) is 9.03. The van der Waals surface area contributed by atoms with Crippen LogP contribution in [-0.4, -0.2) is 37.0 Å². The van der Waals surface area contributed by atoms with E-state index in [-0.39, 0.29) is 12.1 Å². The third-order valence-electron chi connectivity index (χ3n) is 2.58. The van der Waals surface area contributed by atoms with Crippen LogP contribution in [0.1, 0.15) is 26.2 Å². The van der Waals surface area contributed by atoms with E-state index in [2.05, 4.69) is 12.2 Å². The zero-order valence-electron chi connectivity index (χ0n) is 7.97. The Kier molecular flexibility index (Phi) is 3.50. The number of aliphatic hydroxyl groups is 1. The van der Waals surface area contributed by atoms with Crippen molar-refractivity contribution in [2.45, 2.75) is 37.8 Å². The Morgan fingerprint density at radius 2 is 2.25 bits per heavy atom. The second kappa shape index (κ2) is 4.21. The van der Waals surface area contributed by atoms with Crippen LogP contribution in [0.5, 0.6) is 0 Å². The molecular weight excluding hydrogens is 154 g/mol. The van der Waals surface area contributed by atoms with Crippen molar-refractivity contribution in [3.63, 3.8) is 0 Å². The summed E-state index contributed by atoms with van der Waals surface area (Å²) < 4.78 is 5.02. The fourth-order valence-electron chi connectivity index (χ4n) is 1.77. The molecule has 1 rings (SSSR count). The highest BCUT2D eigenvalue weighted by Gasteiger charge is 2.36. The van der Waals surface area contributed by atoms with Gasteiger partial charge in [0.2, 0.25) is 0 Å². The van der Waals surface area contributed by atoms with Crippen LogP contribution < -0.4 is 5.32 Å². The number of nitrogens with one attached hydrogen (secondary N) is 1. The number of aliphatic hydroxyl groups excluding tert-OH is 1. The molecule has 1 aliphatic carbocycles. The lowest BCUT2D eigenvalue weighted by molar-refractivity contribution is 0.0616. The standard InChI is InChI=1S/C9H19NO2/c1-8(6-12-2)10-9(7-11)4-3-5-9/h8,10-11H,3-7H2,1-2H3. The van der Waals surface area contributed by atoms with E-state index in [4.69, 9.17) is 9.84 Å². The number of hydrogen-bond acceptors (Lipinski definition) is 3. The molecular formula is C9H19NO2. The predicted molar refractivity (Wildman–Crippen MR) is 48.1 cm³/mol. The summed E-state index contributed by atoms with van der Waals surface area (Å²) in [5.74, 6) is 0. The first-order valence-electron chi connectivity index (χ1n) is 4.60. The summed E-state index contributed by atoms with van der Waals surface area (Å²) in [6.45, 7) is 3.04. The lowest BCUT2D eigenvalue weighted by Gasteiger charge is -2.43. The molecule has 1 fully saturated rings. The van der Waals surface area contributed by atoms with Crippen molar-refractivity contribution in [1.82, 2.24) is 5.32 Å². The van der Waals surface area contributed by atoms with Gasteiger partial charge in [-0.2, -0.15) is 0 Å². The van der Waals surface area contributed by atoms with Gasteiger partial charge in [-0.05, 0) is 26.2 Å². The van der Waals surface area contributed by atoms with Crippen molar-refractivity contribution in [3.8, 4) is 0 Å². The predicted octanol–water partition coefficient (Wildman–Crippen LogP) is 0.526. The van der Waals surface area contributed by atoms with Gasteiger partial charge >= 0.3 is 0 Å². The van der Waals surface area contributed by atoms with Gasteiger partial charge in [0, 0.05) is 18.7 Å². The monoisotopic (exact) mass is 173 g/mol. The summed E-state index contributed by atoms with van der Waals surface area (Å²) in [6.07, 6.45) is 3.42. The number of ether oxygens (including phenoxy) is 1. The van der Waals surface area contributed by atoms with Crippen LogP contribution in [-0.2, 0) is 4.74 Å². The molecule has 0 bridgehead atoms. The van der Waals surface area contributed by atoms with Crippen molar-refractivity contribution in [2.24, 2.45) is 0 Å². The Labute approximate surface area is 74.1 Å². The van der Waals surface area contributed by atoms with Gasteiger partial charge in [0.25, 0.3) is 0 Å². The fourth-order valence-corrected chi connectivity index (χ4v) is 1.77. The second-order valence-corrected chi connectivity index (χ2v) is 3.79. The van der Waals surface area contributed by atoms with Gasteiger partial charge in [-0.3, -0.25) is 0 Å². The minimum atomic E-state index is 0.0119. The third-order valence-corrected chi connectivity index (χ3v) is 2.58. The fraction of sp³-hybridized carbons (Fsp3) is 1.00. The summed E-state index contributed by atoms with van der Waals surface area (Å²) in [5.41, 5.74) is 0.0119. The average molecular weight is 173 g/mol. The molecule has 2 N–H and O–H groups in total. The van der Waals surface area contributed by atoms with E-state index in [9.17, 15) is 0 Å². The van der Waals surface area contributed by atoms with Crippen LogP contribution in [0.25, 0.3) is 0 Å². The summed E-state index contributed by atoms with van der Waals surface area (Å²) in [6, 6.07) is 0.336. The van der Waals surface area contributed by atoms with Crippen LogP contribution in [0.15, 0.2) is 0 Å². The van der Waals surface area contributed by atoms with Gasteiger partial charge in [0.15, 0.2) is 0 Å². The molecule has 1 aliphatic rings. The number of hydrogen-bond donors (Lipinski definition) is 2. The number of rotatable bonds is 5. The van der Waals surface area contributed by atoms with Crippen molar-refractivity contribution in [3.05, 3.63) is 0 Å². The highest BCUT2D eigenvalue weighted by molar-refractivity contribution is 4.96. The summed E-state index contributed by atoms with van der Waals surface area (Å²) >= 11 is 0. The minimum Gasteiger partial charge on any atom is -0.394 e. The molecule has 0 aliphatic heterocycles. The molecule has 1 unspecified atom stereocenters. The molecule has 1 saturated carbocycles. The lowest BCUT2D eigenvalue weighted by Crippen LogP contribution is -2.57. The van der Waals surface area contributed by atoms with E-state index in [1.54, 1.807) is 7.11 Å². The first kappa shape index (κ1) is 9.96. The highest BCUT2D eigenvalue weighted by atomic mass is 16.5. The van der Waals surface area contributed by atoms with Crippen LogP contribution in [0.3, 0.4) is 0 Å². The van der Waals surface area contributed by atoms with Crippen LogP contribution >= 0.6 is 0 Å². The van der Waals surface area contributed by atoms with E-state index in [1.807, 2.05) is 0 Å². The molecule has 12 heavy (non-hydrogen) atoms. The normalized spacial score (nSPS) is 23.2. The summed E-state index contributed by atoms with van der Waals surface area (Å²) in [5, 5.41) is 12.6. The first-order valence-corrected chi connectivity index (χ1v) is 4.60. The van der Waals surface area contributed by atoms with Gasteiger partial charge < -0.3 is 15.2 Å². The Balaban J connectivity index is 2.27. The number of methoxy groups -OCH3 is 1. The van der Waals surface area contributed by atoms with Crippen LogP contribution in [0.2, 0.25) is 0 Å². The van der Waals surface area contributed by atoms with Crippen LogP contribution in [0, 0.1) is 0 Å². The quantitative estimate of drug-likeness (QED) is 0.637. The highest BCUT2D eigenvalue weighted by Crippen LogP contribution is 2.31. The van der Waals surface area contributed by atoms with Crippen molar-refractivity contribution in [2.75, 3.05) is 20.3 Å². The second-order valence-electron chi connectivity index (χ2n) is 3.79. The Morgan fingerprint density at radius 3 is 2.58 bits per heavy atom. The molecule has 0 aromatic heterocycles. The summed E-state index contributed by atoms with van der Waals surface area (Å²) in [4.78, 5) is 0. The topological polar surface area (TPSA) is 41.5 Å². The molecule has 3 heteroatoms. The third kappa shape index (κ3) is 2.19. The van der Waals surface area contributed by atoms with E-state index in [0.717, 1.165) is 12.8 Å². The Hall–Kier alpha value is -0.120. The maximum atomic E-state index is 9.15. The largest absolute Gasteiger partial charge is 0.394 e. The molecule has 3 nitrogen and oxygen atoms in total. The Morgan fingerprint density at radius 1 is 1.58 bits per heavy atom. The maximum absolute atomic E-state index is 9.15. The molecule has 0 aromatic carbocycles. The van der Waals surface area contributed by atoms with E-state index >= 15 is 0 Å². The molecule has 0 spiro atoms. The van der Waals surface area contributed by atoms with Crippen molar-refractivity contribution in [1.29, 1.82) is 0 Å². The first-order chi connectivity index (χ1) is 5.72. The SMILES string of the molecule is COCC(C)NC1(CO)CCC1. The molecule has 72 valence electrons. The van der Waals surface area contributed by atoms with Crippen molar-refractivity contribution < 1.29 is 9.84 Å². The van der Waals surface area contributed by atoms with Gasteiger partial charge in [0.1, 0.15) is 0 Å². The molecule has 0 saturated heterocycles. The zero-order valence-corrected chi connectivity index (χ0v) is 7.97. The van der Waals surface area contributed by atoms with E-state index in [0.29, 0.717) is 12.6 Å².